The molecule has 2 heterocycles. The summed E-state index contributed by atoms with van der Waals surface area (Å²) in [5.74, 6) is 0.277. The number of rotatable bonds is 3. The third-order valence-electron chi connectivity index (χ3n) is 2.97. The van der Waals surface area contributed by atoms with Crippen LogP contribution in [0.25, 0.3) is 0 Å². The molecule has 0 aromatic carbocycles. The maximum Gasteiger partial charge on any atom is 0.357 e. The van der Waals surface area contributed by atoms with Crippen LogP contribution in [-0.4, -0.2) is 35.6 Å². The molecule has 1 aromatic heterocycles. The highest BCUT2D eigenvalue weighted by atomic mass is 16.5. The van der Waals surface area contributed by atoms with Gasteiger partial charge in [0.25, 0.3) is 0 Å². The second-order valence-corrected chi connectivity index (χ2v) is 4.46. The lowest BCUT2D eigenvalue weighted by Gasteiger charge is -2.26. The summed E-state index contributed by atoms with van der Waals surface area (Å²) < 4.78 is 4.98. The van der Waals surface area contributed by atoms with Gasteiger partial charge in [0.15, 0.2) is 5.69 Å². The van der Waals surface area contributed by atoms with Crippen molar-refractivity contribution in [2.45, 2.75) is 33.1 Å². The van der Waals surface area contributed by atoms with Crippen LogP contribution in [0.15, 0.2) is 6.07 Å². The van der Waals surface area contributed by atoms with Crippen LogP contribution in [0.2, 0.25) is 0 Å². The monoisotopic (exact) mass is 249 g/mol. The van der Waals surface area contributed by atoms with Crippen molar-refractivity contribution in [3.63, 3.8) is 0 Å². The van der Waals surface area contributed by atoms with Gasteiger partial charge in [0.05, 0.1) is 6.61 Å². The fourth-order valence-corrected chi connectivity index (χ4v) is 2.10. The van der Waals surface area contributed by atoms with Crippen LogP contribution in [0.4, 0.5) is 5.95 Å². The average Bonchev–Trinajstić information content (AvgIpc) is 2.39. The van der Waals surface area contributed by atoms with Gasteiger partial charge in [0.1, 0.15) is 0 Å². The van der Waals surface area contributed by atoms with Gasteiger partial charge in [-0.15, -0.1) is 0 Å². The van der Waals surface area contributed by atoms with Crippen LogP contribution >= 0.6 is 0 Å². The SMILES string of the molecule is CCOC(=O)c1cc(C)nc(N2CCCCC2)n1. The number of aryl methyl sites for hydroxylation is 1. The van der Waals surface area contributed by atoms with Crippen LogP contribution < -0.4 is 4.90 Å². The zero-order valence-corrected chi connectivity index (χ0v) is 11.0. The maximum absolute atomic E-state index is 11.7. The highest BCUT2D eigenvalue weighted by molar-refractivity contribution is 5.87. The van der Waals surface area contributed by atoms with Gasteiger partial charge in [-0.2, -0.15) is 0 Å². The van der Waals surface area contributed by atoms with Crippen molar-refractivity contribution in [1.29, 1.82) is 0 Å². The Morgan fingerprint density at radius 1 is 1.33 bits per heavy atom. The fourth-order valence-electron chi connectivity index (χ4n) is 2.10. The number of piperidine rings is 1. The number of hydrogen-bond donors (Lipinski definition) is 0. The Labute approximate surface area is 107 Å². The Hall–Kier alpha value is -1.65. The highest BCUT2D eigenvalue weighted by Gasteiger charge is 2.17. The maximum atomic E-state index is 11.7. The van der Waals surface area contributed by atoms with Crippen molar-refractivity contribution in [2.75, 3.05) is 24.6 Å². The van der Waals surface area contributed by atoms with E-state index >= 15 is 0 Å². The minimum absolute atomic E-state index is 0.352. The molecule has 98 valence electrons. The van der Waals surface area contributed by atoms with Gasteiger partial charge in [0.2, 0.25) is 5.95 Å². The number of anilines is 1. The topological polar surface area (TPSA) is 55.3 Å². The lowest BCUT2D eigenvalue weighted by molar-refractivity contribution is 0.0519. The first kappa shape index (κ1) is 12.8. The summed E-state index contributed by atoms with van der Waals surface area (Å²) in [5, 5.41) is 0. The van der Waals surface area contributed by atoms with E-state index in [-0.39, 0.29) is 5.97 Å². The first-order valence-electron chi connectivity index (χ1n) is 6.48. The molecule has 1 aliphatic heterocycles. The van der Waals surface area contributed by atoms with E-state index in [2.05, 4.69) is 14.9 Å². The third-order valence-corrected chi connectivity index (χ3v) is 2.97. The fraction of sp³-hybridized carbons (Fsp3) is 0.615. The number of esters is 1. The summed E-state index contributed by atoms with van der Waals surface area (Å²) in [4.78, 5) is 22.6. The van der Waals surface area contributed by atoms with Crippen LogP contribution in [0.1, 0.15) is 42.4 Å². The first-order valence-corrected chi connectivity index (χ1v) is 6.48. The van der Waals surface area contributed by atoms with E-state index in [4.69, 9.17) is 4.74 Å². The summed E-state index contributed by atoms with van der Waals surface area (Å²) in [7, 11) is 0. The molecule has 1 saturated heterocycles. The van der Waals surface area contributed by atoms with Crippen molar-refractivity contribution in [2.24, 2.45) is 0 Å². The molecule has 0 saturated carbocycles. The Morgan fingerprint density at radius 2 is 2.06 bits per heavy atom. The molecule has 0 unspecified atom stereocenters. The largest absolute Gasteiger partial charge is 0.461 e. The summed E-state index contributed by atoms with van der Waals surface area (Å²) in [5.41, 5.74) is 1.15. The molecular formula is C13H19N3O2. The van der Waals surface area contributed by atoms with Gasteiger partial charge in [-0.1, -0.05) is 0 Å². The molecule has 1 fully saturated rings. The first-order chi connectivity index (χ1) is 8.70. The number of aromatic nitrogens is 2. The van der Waals surface area contributed by atoms with Crippen LogP contribution in [-0.2, 0) is 4.74 Å². The van der Waals surface area contributed by atoms with Crippen LogP contribution in [0.3, 0.4) is 0 Å². The standard InChI is InChI=1S/C13H19N3O2/c1-3-18-12(17)11-9-10(2)14-13(15-11)16-7-5-4-6-8-16/h9H,3-8H2,1-2H3. The lowest BCUT2D eigenvalue weighted by Crippen LogP contribution is -2.31. The molecule has 0 radical (unpaired) electrons. The smallest absolute Gasteiger partial charge is 0.357 e. The summed E-state index contributed by atoms with van der Waals surface area (Å²) in [6, 6.07) is 1.67. The quantitative estimate of drug-likeness (QED) is 0.766. The molecule has 5 nitrogen and oxygen atoms in total. The molecule has 0 atom stereocenters. The van der Waals surface area contributed by atoms with E-state index in [9.17, 15) is 4.79 Å². The minimum Gasteiger partial charge on any atom is -0.461 e. The Morgan fingerprint density at radius 3 is 2.72 bits per heavy atom. The van der Waals surface area contributed by atoms with Crippen LogP contribution in [0.5, 0.6) is 0 Å². The molecule has 2 rings (SSSR count). The highest BCUT2D eigenvalue weighted by Crippen LogP contribution is 2.16. The van der Waals surface area contributed by atoms with Gasteiger partial charge >= 0.3 is 5.97 Å². The zero-order valence-electron chi connectivity index (χ0n) is 11.0. The molecule has 0 bridgehead atoms. The van der Waals surface area contributed by atoms with E-state index in [1.807, 2.05) is 6.92 Å². The van der Waals surface area contributed by atoms with Gasteiger partial charge in [-0.3, -0.25) is 0 Å². The summed E-state index contributed by atoms with van der Waals surface area (Å²) in [6.45, 7) is 5.95. The Balaban J connectivity index is 2.22. The lowest BCUT2D eigenvalue weighted by atomic mass is 10.1. The number of hydrogen-bond acceptors (Lipinski definition) is 5. The predicted octanol–water partition coefficient (Wildman–Crippen LogP) is 1.95. The minimum atomic E-state index is -0.374. The molecule has 0 aliphatic carbocycles. The number of carbonyl (C=O) groups is 1. The number of ether oxygens (including phenoxy) is 1. The molecule has 1 aromatic rings. The van der Waals surface area contributed by atoms with Crippen molar-refractivity contribution in [3.8, 4) is 0 Å². The third kappa shape index (κ3) is 2.97. The van der Waals surface area contributed by atoms with E-state index in [0.717, 1.165) is 31.6 Å². The molecule has 0 amide bonds. The van der Waals surface area contributed by atoms with Gasteiger partial charge in [-0.05, 0) is 39.2 Å². The second kappa shape index (κ2) is 5.80. The van der Waals surface area contributed by atoms with E-state index in [0.29, 0.717) is 18.2 Å². The molecule has 1 aliphatic rings. The van der Waals surface area contributed by atoms with Crippen molar-refractivity contribution in [3.05, 3.63) is 17.5 Å². The normalized spacial score (nSPS) is 15.6. The predicted molar refractivity (Wildman–Crippen MR) is 68.8 cm³/mol. The summed E-state index contributed by atoms with van der Waals surface area (Å²) >= 11 is 0. The van der Waals surface area contributed by atoms with E-state index in [1.165, 1.54) is 6.42 Å². The average molecular weight is 249 g/mol. The Bertz CT molecular complexity index is 428. The zero-order chi connectivity index (χ0) is 13.0. The molecule has 0 spiro atoms. The second-order valence-electron chi connectivity index (χ2n) is 4.46. The molecule has 18 heavy (non-hydrogen) atoms. The van der Waals surface area contributed by atoms with E-state index in [1.54, 1.807) is 13.0 Å². The molecule has 0 N–H and O–H groups in total. The summed E-state index contributed by atoms with van der Waals surface area (Å²) in [6.07, 6.45) is 3.57. The molecule has 5 heteroatoms. The van der Waals surface area contributed by atoms with Gasteiger partial charge in [-0.25, -0.2) is 14.8 Å². The molecular weight excluding hydrogens is 230 g/mol. The van der Waals surface area contributed by atoms with Crippen molar-refractivity contribution >= 4 is 11.9 Å². The van der Waals surface area contributed by atoms with Gasteiger partial charge in [0, 0.05) is 18.8 Å². The van der Waals surface area contributed by atoms with Crippen molar-refractivity contribution in [1.82, 2.24) is 9.97 Å². The van der Waals surface area contributed by atoms with E-state index < -0.39 is 0 Å². The van der Waals surface area contributed by atoms with Gasteiger partial charge < -0.3 is 9.64 Å². The number of nitrogens with zero attached hydrogens (tertiary/aromatic N) is 3. The Kier molecular flexibility index (Phi) is 4.12. The van der Waals surface area contributed by atoms with Crippen LogP contribution in [0, 0.1) is 6.92 Å². The number of carbonyl (C=O) groups excluding carboxylic acids is 1. The van der Waals surface area contributed by atoms with Crippen molar-refractivity contribution < 1.29 is 9.53 Å².